The van der Waals surface area contributed by atoms with E-state index in [0.29, 0.717) is 27.4 Å². The summed E-state index contributed by atoms with van der Waals surface area (Å²) in [6.45, 7) is 4.35. The van der Waals surface area contributed by atoms with E-state index in [1.807, 2.05) is 13.1 Å². The standard InChI is InChI=1S/C14H15ClN8S/c1-7(2)4-8-5-10(18-17-8)13-21-23-12(19-20-14(23)24-13)11-9(15)6-16-22(11)3/h5-7H,4H2,1-3H3,(H,17,18). The summed E-state index contributed by atoms with van der Waals surface area (Å²) in [6.07, 6.45) is 2.53. The van der Waals surface area contributed by atoms with Crippen molar-refractivity contribution in [2.45, 2.75) is 20.3 Å². The number of aromatic nitrogens is 8. The molecule has 0 bridgehead atoms. The van der Waals surface area contributed by atoms with Gasteiger partial charge in [-0.3, -0.25) is 9.78 Å². The molecule has 124 valence electrons. The first-order valence-corrected chi connectivity index (χ1v) is 8.67. The highest BCUT2D eigenvalue weighted by molar-refractivity contribution is 7.19. The van der Waals surface area contributed by atoms with Crippen molar-refractivity contribution in [3.05, 3.63) is 23.0 Å². The van der Waals surface area contributed by atoms with E-state index in [2.05, 4.69) is 44.4 Å². The number of fused-ring (bicyclic) bond motifs is 1. The Morgan fingerprint density at radius 3 is 2.88 bits per heavy atom. The molecule has 0 unspecified atom stereocenters. The van der Waals surface area contributed by atoms with Crippen LogP contribution in [0.5, 0.6) is 0 Å². The van der Waals surface area contributed by atoms with Crippen molar-refractivity contribution in [3.8, 4) is 22.2 Å². The van der Waals surface area contributed by atoms with Gasteiger partial charge in [0, 0.05) is 12.7 Å². The first kappa shape index (κ1) is 15.3. The zero-order valence-corrected chi connectivity index (χ0v) is 14.9. The molecule has 1 N–H and O–H groups in total. The smallest absolute Gasteiger partial charge is 0.235 e. The van der Waals surface area contributed by atoms with E-state index < -0.39 is 0 Å². The van der Waals surface area contributed by atoms with Crippen molar-refractivity contribution in [2.24, 2.45) is 13.0 Å². The van der Waals surface area contributed by atoms with Gasteiger partial charge >= 0.3 is 0 Å². The number of hydrogen-bond donors (Lipinski definition) is 1. The molecule has 0 saturated carbocycles. The molecular weight excluding hydrogens is 348 g/mol. The molecule has 8 nitrogen and oxygen atoms in total. The molecule has 0 radical (unpaired) electrons. The second-order valence-electron chi connectivity index (χ2n) is 5.97. The van der Waals surface area contributed by atoms with E-state index in [9.17, 15) is 0 Å². The summed E-state index contributed by atoms with van der Waals surface area (Å²) in [6, 6.07) is 2.03. The Labute approximate surface area is 146 Å². The van der Waals surface area contributed by atoms with E-state index in [-0.39, 0.29) is 0 Å². The van der Waals surface area contributed by atoms with Crippen molar-refractivity contribution in [2.75, 3.05) is 0 Å². The van der Waals surface area contributed by atoms with Crippen molar-refractivity contribution in [3.63, 3.8) is 0 Å². The molecule has 0 saturated heterocycles. The normalized spacial score (nSPS) is 11.9. The highest BCUT2D eigenvalue weighted by Gasteiger charge is 2.20. The third-order valence-corrected chi connectivity index (χ3v) is 4.77. The molecule has 4 rings (SSSR count). The molecule has 0 spiro atoms. The Bertz CT molecular complexity index is 988. The molecule has 0 fully saturated rings. The van der Waals surface area contributed by atoms with Crippen LogP contribution in [0.3, 0.4) is 0 Å². The zero-order chi connectivity index (χ0) is 16.8. The Hall–Kier alpha value is -2.26. The maximum absolute atomic E-state index is 6.21. The first-order chi connectivity index (χ1) is 11.5. The fourth-order valence-electron chi connectivity index (χ4n) is 2.55. The number of hydrogen-bond acceptors (Lipinski definition) is 6. The minimum absolute atomic E-state index is 0.514. The lowest BCUT2D eigenvalue weighted by Gasteiger charge is -1.98. The Morgan fingerprint density at radius 2 is 2.17 bits per heavy atom. The van der Waals surface area contributed by atoms with Gasteiger partial charge in [0.15, 0.2) is 5.01 Å². The third-order valence-electron chi connectivity index (χ3n) is 3.57. The van der Waals surface area contributed by atoms with E-state index in [4.69, 9.17) is 11.6 Å². The molecule has 0 aromatic carbocycles. The lowest BCUT2D eigenvalue weighted by molar-refractivity contribution is 0.633. The van der Waals surface area contributed by atoms with Gasteiger partial charge in [-0.05, 0) is 18.4 Å². The molecule has 4 aromatic rings. The van der Waals surface area contributed by atoms with Crippen LogP contribution in [0.25, 0.3) is 27.2 Å². The number of nitrogens with zero attached hydrogens (tertiary/aromatic N) is 7. The van der Waals surface area contributed by atoms with Gasteiger partial charge in [-0.2, -0.15) is 19.8 Å². The summed E-state index contributed by atoms with van der Waals surface area (Å²) in [7, 11) is 1.81. The number of nitrogens with one attached hydrogen (secondary N) is 1. The molecule has 24 heavy (non-hydrogen) atoms. The second-order valence-corrected chi connectivity index (χ2v) is 7.33. The topological polar surface area (TPSA) is 89.6 Å². The van der Waals surface area contributed by atoms with Gasteiger partial charge in [0.2, 0.25) is 10.8 Å². The Kier molecular flexibility index (Phi) is 3.61. The average molecular weight is 363 g/mol. The van der Waals surface area contributed by atoms with Crippen LogP contribution in [0, 0.1) is 5.92 Å². The minimum atomic E-state index is 0.514. The van der Waals surface area contributed by atoms with Gasteiger partial charge in [-0.1, -0.05) is 36.8 Å². The summed E-state index contributed by atoms with van der Waals surface area (Å²) in [5.74, 6) is 1.13. The van der Waals surface area contributed by atoms with E-state index in [1.54, 1.807) is 15.4 Å². The third kappa shape index (κ3) is 2.49. The zero-order valence-electron chi connectivity index (χ0n) is 13.4. The SMILES string of the molecule is CC(C)Cc1cc(-c2nn3c(-c4c(Cl)cnn4C)nnc3s2)n[nH]1. The highest BCUT2D eigenvalue weighted by Crippen LogP contribution is 2.30. The van der Waals surface area contributed by atoms with Crippen LogP contribution in [0.2, 0.25) is 5.02 Å². The molecule has 4 heterocycles. The van der Waals surface area contributed by atoms with Gasteiger partial charge in [0.25, 0.3) is 0 Å². The van der Waals surface area contributed by atoms with Crippen LogP contribution >= 0.6 is 22.9 Å². The van der Waals surface area contributed by atoms with Gasteiger partial charge in [-0.15, -0.1) is 10.2 Å². The predicted molar refractivity (Wildman–Crippen MR) is 92.0 cm³/mol. The summed E-state index contributed by atoms with van der Waals surface area (Å²) >= 11 is 7.64. The lowest BCUT2D eigenvalue weighted by Crippen LogP contribution is -1.99. The predicted octanol–water partition coefficient (Wildman–Crippen LogP) is 2.83. The fraction of sp³-hybridized carbons (Fsp3) is 0.357. The number of rotatable bonds is 4. The average Bonchev–Trinajstić information content (AvgIpc) is 3.24. The van der Waals surface area contributed by atoms with Gasteiger partial charge in [-0.25, -0.2) is 0 Å². The fourth-order valence-corrected chi connectivity index (χ4v) is 3.60. The van der Waals surface area contributed by atoms with E-state index >= 15 is 0 Å². The Morgan fingerprint density at radius 1 is 1.33 bits per heavy atom. The van der Waals surface area contributed by atoms with E-state index in [1.165, 1.54) is 11.3 Å². The molecule has 0 aliphatic heterocycles. The maximum atomic E-state index is 6.21. The van der Waals surface area contributed by atoms with E-state index in [0.717, 1.165) is 22.8 Å². The second kappa shape index (κ2) is 5.67. The molecule has 0 aliphatic rings. The monoisotopic (exact) mass is 362 g/mol. The van der Waals surface area contributed by atoms with Gasteiger partial charge in [0.05, 0.1) is 11.2 Å². The van der Waals surface area contributed by atoms with Crippen molar-refractivity contribution in [1.29, 1.82) is 0 Å². The molecule has 0 aliphatic carbocycles. The summed E-state index contributed by atoms with van der Waals surface area (Å²) < 4.78 is 3.34. The van der Waals surface area contributed by atoms with Gasteiger partial charge < -0.3 is 0 Å². The molecule has 10 heteroatoms. The molecule has 0 atom stereocenters. The Balaban J connectivity index is 1.76. The first-order valence-electron chi connectivity index (χ1n) is 7.47. The van der Waals surface area contributed by atoms with Crippen LogP contribution in [0.15, 0.2) is 12.3 Å². The van der Waals surface area contributed by atoms with Crippen molar-refractivity contribution >= 4 is 27.9 Å². The van der Waals surface area contributed by atoms with Crippen LogP contribution in [-0.4, -0.2) is 39.8 Å². The number of H-pyrrole nitrogens is 1. The summed E-state index contributed by atoms with van der Waals surface area (Å²) in [4.78, 5) is 0.686. The number of aryl methyl sites for hydroxylation is 1. The quantitative estimate of drug-likeness (QED) is 0.603. The van der Waals surface area contributed by atoms with Crippen molar-refractivity contribution < 1.29 is 0 Å². The minimum Gasteiger partial charge on any atom is -0.282 e. The van der Waals surface area contributed by atoms with Crippen LogP contribution in [0.1, 0.15) is 19.5 Å². The number of aromatic amines is 1. The molecule has 4 aromatic heterocycles. The summed E-state index contributed by atoms with van der Waals surface area (Å²) in [5, 5.41) is 25.8. The number of halogens is 1. The molecule has 0 amide bonds. The highest BCUT2D eigenvalue weighted by atomic mass is 35.5. The maximum Gasteiger partial charge on any atom is 0.235 e. The van der Waals surface area contributed by atoms with Crippen LogP contribution in [-0.2, 0) is 13.5 Å². The molecular formula is C14H15ClN8S. The van der Waals surface area contributed by atoms with Gasteiger partial charge in [0.1, 0.15) is 11.4 Å². The van der Waals surface area contributed by atoms with Crippen molar-refractivity contribution in [1.82, 2.24) is 39.8 Å². The van der Waals surface area contributed by atoms with Crippen LogP contribution < -0.4 is 0 Å². The summed E-state index contributed by atoms with van der Waals surface area (Å²) in [5.41, 5.74) is 2.59. The largest absolute Gasteiger partial charge is 0.282 e. The lowest BCUT2D eigenvalue weighted by atomic mass is 10.1. The van der Waals surface area contributed by atoms with Crippen LogP contribution in [0.4, 0.5) is 0 Å².